The Bertz CT molecular complexity index is 841. The number of carbonyl (C=O) groups is 1. The Kier molecular flexibility index (Phi) is 6.11. The molecule has 1 amide bonds. The second kappa shape index (κ2) is 8.33. The van der Waals surface area contributed by atoms with Crippen molar-refractivity contribution in [2.75, 3.05) is 19.6 Å². The van der Waals surface area contributed by atoms with Gasteiger partial charge in [-0.1, -0.05) is 18.6 Å². The highest BCUT2D eigenvalue weighted by molar-refractivity contribution is 7.89. The molecule has 1 fully saturated rings. The molecule has 2 aromatic rings. The van der Waals surface area contributed by atoms with Gasteiger partial charge in [-0.2, -0.15) is 4.31 Å². The molecule has 7 heteroatoms. The molecule has 2 heterocycles. The van der Waals surface area contributed by atoms with E-state index >= 15 is 0 Å². The van der Waals surface area contributed by atoms with Crippen molar-refractivity contribution in [3.05, 3.63) is 52.2 Å². The van der Waals surface area contributed by atoms with Crippen LogP contribution in [0.5, 0.6) is 0 Å². The molecule has 3 rings (SSSR count). The predicted octanol–water partition coefficient (Wildman–Crippen LogP) is 3.59. The Hall–Kier alpha value is -1.70. The fraction of sp³-hybridized carbons (Fsp3) is 0.421. The second-order valence-corrected chi connectivity index (χ2v) is 9.36. The van der Waals surface area contributed by atoms with E-state index in [4.69, 9.17) is 0 Å². The highest BCUT2D eigenvalue weighted by atomic mass is 32.2. The third-order valence-corrected chi connectivity index (χ3v) is 7.39. The number of amides is 1. The maximum absolute atomic E-state index is 12.9. The minimum Gasteiger partial charge on any atom is -0.334 e. The fourth-order valence-electron chi connectivity index (χ4n) is 3.14. The normalized spacial score (nSPS) is 15.7. The molecule has 1 aliphatic rings. The van der Waals surface area contributed by atoms with Gasteiger partial charge in [-0.3, -0.25) is 4.79 Å². The third-order valence-electron chi connectivity index (χ3n) is 4.63. The molecule has 0 radical (unpaired) electrons. The summed E-state index contributed by atoms with van der Waals surface area (Å²) in [5, 5.41) is 1.99. The van der Waals surface area contributed by atoms with Gasteiger partial charge in [0.05, 0.1) is 11.4 Å². The van der Waals surface area contributed by atoms with Gasteiger partial charge in [0.1, 0.15) is 0 Å². The lowest BCUT2D eigenvalue weighted by Gasteiger charge is -2.26. The molecule has 0 N–H and O–H groups in total. The zero-order valence-electron chi connectivity index (χ0n) is 14.9. The summed E-state index contributed by atoms with van der Waals surface area (Å²) < 4.78 is 27.3. The van der Waals surface area contributed by atoms with Crippen LogP contribution in [0, 0.1) is 0 Å². The number of nitrogens with zero attached hydrogens (tertiary/aromatic N) is 2. The van der Waals surface area contributed by atoms with Crippen LogP contribution in [0.1, 0.15) is 41.4 Å². The highest BCUT2D eigenvalue weighted by Crippen LogP contribution is 2.22. The molecule has 140 valence electrons. The average Bonchev–Trinajstić information content (AvgIpc) is 3.19. The van der Waals surface area contributed by atoms with Crippen molar-refractivity contribution >= 4 is 27.3 Å². The van der Waals surface area contributed by atoms with E-state index in [1.165, 1.54) is 10.4 Å². The third kappa shape index (κ3) is 4.16. The van der Waals surface area contributed by atoms with Crippen LogP contribution in [-0.4, -0.2) is 43.2 Å². The monoisotopic (exact) mass is 392 g/mol. The Morgan fingerprint density at radius 2 is 1.92 bits per heavy atom. The lowest BCUT2D eigenvalue weighted by molar-refractivity contribution is 0.0754. The zero-order valence-corrected chi connectivity index (χ0v) is 16.6. The van der Waals surface area contributed by atoms with Crippen molar-refractivity contribution in [3.8, 4) is 0 Å². The Labute approximate surface area is 159 Å². The van der Waals surface area contributed by atoms with E-state index in [1.807, 2.05) is 24.4 Å². The zero-order chi connectivity index (χ0) is 18.6. The van der Waals surface area contributed by atoms with E-state index in [2.05, 4.69) is 0 Å². The summed E-state index contributed by atoms with van der Waals surface area (Å²) in [6.07, 6.45) is 2.85. The van der Waals surface area contributed by atoms with Gasteiger partial charge in [-0.15, -0.1) is 11.3 Å². The summed E-state index contributed by atoms with van der Waals surface area (Å²) in [6, 6.07) is 10.4. The van der Waals surface area contributed by atoms with E-state index in [1.54, 1.807) is 34.4 Å². The maximum Gasteiger partial charge on any atom is 0.254 e. The number of benzene rings is 1. The number of piperidine rings is 1. The maximum atomic E-state index is 12.9. The second-order valence-electron chi connectivity index (χ2n) is 6.39. The van der Waals surface area contributed by atoms with Crippen LogP contribution in [0.2, 0.25) is 0 Å². The van der Waals surface area contributed by atoms with E-state index in [-0.39, 0.29) is 10.8 Å². The van der Waals surface area contributed by atoms with E-state index in [9.17, 15) is 13.2 Å². The van der Waals surface area contributed by atoms with Crippen molar-refractivity contribution < 1.29 is 13.2 Å². The summed E-state index contributed by atoms with van der Waals surface area (Å²) in [5.41, 5.74) is 0.418. The number of sulfonamides is 1. The predicted molar refractivity (Wildman–Crippen MR) is 104 cm³/mol. The summed E-state index contributed by atoms with van der Waals surface area (Å²) in [6.45, 7) is 4.15. The minimum atomic E-state index is -3.54. The van der Waals surface area contributed by atoms with Gasteiger partial charge in [-0.25, -0.2) is 8.42 Å². The smallest absolute Gasteiger partial charge is 0.254 e. The van der Waals surface area contributed by atoms with Gasteiger partial charge >= 0.3 is 0 Å². The lowest BCUT2D eigenvalue weighted by atomic mass is 10.2. The minimum absolute atomic E-state index is 0.142. The van der Waals surface area contributed by atoms with E-state index < -0.39 is 10.0 Å². The number of thiophene rings is 1. The van der Waals surface area contributed by atoms with E-state index in [0.717, 1.165) is 24.1 Å². The van der Waals surface area contributed by atoms with Crippen LogP contribution in [-0.2, 0) is 16.6 Å². The van der Waals surface area contributed by atoms with Crippen LogP contribution in [0.3, 0.4) is 0 Å². The molecular weight excluding hydrogens is 368 g/mol. The van der Waals surface area contributed by atoms with Gasteiger partial charge in [0.25, 0.3) is 5.91 Å². The van der Waals surface area contributed by atoms with Crippen molar-refractivity contribution in [2.24, 2.45) is 0 Å². The molecule has 1 aliphatic heterocycles. The van der Waals surface area contributed by atoms with Gasteiger partial charge in [0, 0.05) is 30.1 Å². The lowest BCUT2D eigenvalue weighted by Crippen LogP contribution is -2.36. The van der Waals surface area contributed by atoms with Crippen molar-refractivity contribution in [3.63, 3.8) is 0 Å². The van der Waals surface area contributed by atoms with Crippen molar-refractivity contribution in [1.82, 2.24) is 9.21 Å². The molecule has 0 bridgehead atoms. The van der Waals surface area contributed by atoms with Crippen LogP contribution < -0.4 is 0 Å². The fourth-order valence-corrected chi connectivity index (χ4v) is 5.43. The molecule has 0 unspecified atom stereocenters. The van der Waals surface area contributed by atoms with Crippen LogP contribution in [0.15, 0.2) is 46.7 Å². The van der Waals surface area contributed by atoms with Crippen molar-refractivity contribution in [2.45, 2.75) is 37.6 Å². The number of hydrogen-bond acceptors (Lipinski definition) is 4. The molecule has 1 saturated heterocycles. The summed E-state index contributed by atoms with van der Waals surface area (Å²) in [4.78, 5) is 15.9. The first-order chi connectivity index (χ1) is 12.5. The largest absolute Gasteiger partial charge is 0.334 e. The van der Waals surface area contributed by atoms with Gasteiger partial charge in [0.15, 0.2) is 0 Å². The summed E-state index contributed by atoms with van der Waals surface area (Å²) >= 11 is 1.61. The highest BCUT2D eigenvalue weighted by Gasteiger charge is 2.27. The molecule has 5 nitrogen and oxygen atoms in total. The molecule has 1 aromatic heterocycles. The first-order valence-electron chi connectivity index (χ1n) is 8.94. The standard InChI is InChI=1S/C19H24N2O3S2/c1-2-20(15-17-9-7-13-25-17)19(22)16-8-6-10-18(14-16)26(23,24)21-11-4-3-5-12-21/h6-10,13-14H,2-5,11-12,15H2,1H3. The summed E-state index contributed by atoms with van der Waals surface area (Å²) in [7, 11) is -3.54. The Morgan fingerprint density at radius 3 is 2.58 bits per heavy atom. The van der Waals surface area contributed by atoms with Gasteiger partial charge < -0.3 is 4.90 Å². The van der Waals surface area contributed by atoms with Crippen LogP contribution in [0.4, 0.5) is 0 Å². The molecule has 0 aliphatic carbocycles. The number of hydrogen-bond donors (Lipinski definition) is 0. The quantitative estimate of drug-likeness (QED) is 0.755. The number of rotatable bonds is 6. The first kappa shape index (κ1) is 19.1. The summed E-state index contributed by atoms with van der Waals surface area (Å²) in [5.74, 6) is -0.142. The number of carbonyl (C=O) groups excluding carboxylic acids is 1. The van der Waals surface area contributed by atoms with Gasteiger partial charge in [-0.05, 0) is 49.4 Å². The average molecular weight is 393 g/mol. The molecule has 26 heavy (non-hydrogen) atoms. The Balaban J connectivity index is 1.82. The van der Waals surface area contributed by atoms with Crippen LogP contribution >= 0.6 is 11.3 Å². The molecule has 1 aromatic carbocycles. The van der Waals surface area contributed by atoms with Crippen molar-refractivity contribution in [1.29, 1.82) is 0 Å². The Morgan fingerprint density at radius 1 is 1.15 bits per heavy atom. The molecular formula is C19H24N2O3S2. The van der Waals surface area contributed by atoms with E-state index in [0.29, 0.717) is 31.7 Å². The SMILES string of the molecule is CCN(Cc1cccs1)C(=O)c1cccc(S(=O)(=O)N2CCCCC2)c1. The topological polar surface area (TPSA) is 57.7 Å². The first-order valence-corrected chi connectivity index (χ1v) is 11.3. The van der Waals surface area contributed by atoms with Crippen LogP contribution in [0.25, 0.3) is 0 Å². The molecule has 0 atom stereocenters. The molecule has 0 spiro atoms. The van der Waals surface area contributed by atoms with Gasteiger partial charge in [0.2, 0.25) is 10.0 Å². The molecule has 0 saturated carbocycles.